The van der Waals surface area contributed by atoms with Gasteiger partial charge in [0.15, 0.2) is 0 Å². The molecule has 0 aliphatic heterocycles. The van der Waals surface area contributed by atoms with Crippen molar-refractivity contribution < 1.29 is 83.3 Å². The molecule has 0 spiro atoms. The van der Waals surface area contributed by atoms with Crippen LogP contribution in [0, 0.1) is 0 Å². The first-order chi connectivity index (χ1) is 14.0. The number of phosphoric ester groups is 2. The van der Waals surface area contributed by atoms with E-state index in [2.05, 4.69) is 13.6 Å². The molecule has 0 aromatic carbocycles. The smallest absolute Gasteiger partial charge is 0.387 e. The summed E-state index contributed by atoms with van der Waals surface area (Å²) < 4.78 is 36.7. The highest BCUT2D eigenvalue weighted by Crippen LogP contribution is 2.51. The Morgan fingerprint density at radius 2 is 0.677 bits per heavy atom. The Balaban J connectivity index is 2.27. The fourth-order valence-corrected chi connectivity index (χ4v) is 4.96. The van der Waals surface area contributed by atoms with Crippen LogP contribution >= 0.6 is 15.6 Å². The van der Waals surface area contributed by atoms with Gasteiger partial charge in [-0.1, -0.05) is 0 Å². The number of aliphatic hydroxyl groups excluding tert-OH is 9. The van der Waals surface area contributed by atoms with Crippen molar-refractivity contribution in [2.75, 3.05) is 0 Å². The first kappa shape index (κ1) is 27.1. The average Bonchev–Trinajstić information content (AvgIpc) is 2.66. The van der Waals surface area contributed by atoms with E-state index in [9.17, 15) is 60.0 Å². The third kappa shape index (κ3) is 5.87. The van der Waals surface area contributed by atoms with Crippen LogP contribution in [0.1, 0.15) is 0 Å². The topological polar surface area (TPSA) is 305 Å². The van der Waals surface area contributed by atoms with Crippen molar-refractivity contribution in [3.8, 4) is 0 Å². The molecule has 13 atom stereocenters. The predicted octanol–water partition coefficient (Wildman–Crippen LogP) is -6.39. The molecule has 2 saturated carbocycles. The second-order valence-corrected chi connectivity index (χ2v) is 9.64. The summed E-state index contributed by atoms with van der Waals surface area (Å²) in [6, 6.07) is 0. The van der Waals surface area contributed by atoms with Gasteiger partial charge in [0.25, 0.3) is 0 Å². The molecule has 2 rings (SSSR count). The standard InChI is InChI=1S/C12H24O17P2/c13-1-2(14)6(18)10(7(19)3(1)15)28-31(25,26)29-12-9(21)5(17)4(16)8(20)11(12)27-30(22,23)24/h1-21H,(H,25,26)(H2,22,23,24)/t1?,2-,3+,4-,5-,6+,7+,8+,9+,10?,11-,12+/m1/s1. The van der Waals surface area contributed by atoms with E-state index >= 15 is 0 Å². The van der Waals surface area contributed by atoms with E-state index in [-0.39, 0.29) is 0 Å². The molecular formula is C12H24O17P2. The summed E-state index contributed by atoms with van der Waals surface area (Å²) in [4.78, 5) is 27.8. The van der Waals surface area contributed by atoms with Crippen molar-refractivity contribution in [1.29, 1.82) is 0 Å². The maximum atomic E-state index is 12.4. The lowest BCUT2D eigenvalue weighted by atomic mass is 9.85. The van der Waals surface area contributed by atoms with Crippen molar-refractivity contribution in [3.05, 3.63) is 0 Å². The van der Waals surface area contributed by atoms with Gasteiger partial charge in [0, 0.05) is 0 Å². The quantitative estimate of drug-likeness (QED) is 0.150. The molecule has 184 valence electrons. The van der Waals surface area contributed by atoms with Crippen molar-refractivity contribution in [1.82, 2.24) is 0 Å². The Bertz CT molecular complexity index is 699. The second kappa shape index (κ2) is 9.61. The molecule has 0 bridgehead atoms. The highest BCUT2D eigenvalue weighted by Gasteiger charge is 2.56. The second-order valence-electron chi connectivity index (χ2n) is 7.08. The highest BCUT2D eigenvalue weighted by atomic mass is 31.2. The minimum absolute atomic E-state index is 2.06. The summed E-state index contributed by atoms with van der Waals surface area (Å²) in [7, 11) is -11.1. The van der Waals surface area contributed by atoms with Crippen LogP contribution in [0.3, 0.4) is 0 Å². The molecule has 0 aromatic rings. The lowest BCUT2D eigenvalue weighted by Gasteiger charge is -2.44. The molecule has 0 aromatic heterocycles. The monoisotopic (exact) mass is 502 g/mol. The van der Waals surface area contributed by atoms with E-state index in [0.29, 0.717) is 0 Å². The molecule has 2 aliphatic carbocycles. The van der Waals surface area contributed by atoms with Gasteiger partial charge in [0.2, 0.25) is 0 Å². The average molecular weight is 502 g/mol. The van der Waals surface area contributed by atoms with E-state index in [0.717, 1.165) is 0 Å². The summed E-state index contributed by atoms with van der Waals surface area (Å²) in [6.45, 7) is 0. The third-order valence-corrected chi connectivity index (χ3v) is 6.43. The molecule has 3 unspecified atom stereocenters. The van der Waals surface area contributed by atoms with E-state index in [1.807, 2.05) is 0 Å². The SMILES string of the molecule is O=P(O)(O)O[C@@H]1[C@@H](O)[C@H](O)[C@@H](O)[C@H](O)[C@@H]1OP(=O)(O)OC1[C@@H](O)[C@H](O)C(O)[C@H](O)[C@@H]1O. The molecule has 2 fully saturated rings. The van der Waals surface area contributed by atoms with E-state index < -0.39 is 88.9 Å². The van der Waals surface area contributed by atoms with Gasteiger partial charge in [-0.15, -0.1) is 0 Å². The Morgan fingerprint density at radius 1 is 0.419 bits per heavy atom. The summed E-state index contributed by atoms with van der Waals surface area (Å²) in [5, 5.41) is 87.8. The van der Waals surface area contributed by atoms with Gasteiger partial charge in [-0.05, 0) is 0 Å². The van der Waals surface area contributed by atoms with Crippen LogP contribution in [0.25, 0.3) is 0 Å². The van der Waals surface area contributed by atoms with Gasteiger partial charge in [0.05, 0.1) is 0 Å². The van der Waals surface area contributed by atoms with Crippen LogP contribution in [0.4, 0.5) is 0 Å². The molecule has 0 saturated heterocycles. The Labute approximate surface area is 173 Å². The lowest BCUT2D eigenvalue weighted by molar-refractivity contribution is -0.229. The molecule has 17 nitrogen and oxygen atoms in total. The van der Waals surface area contributed by atoms with Crippen LogP contribution in [-0.4, -0.2) is 134 Å². The summed E-state index contributed by atoms with van der Waals surface area (Å²) in [5.74, 6) is 0. The molecule has 12 N–H and O–H groups in total. The van der Waals surface area contributed by atoms with Crippen molar-refractivity contribution in [2.45, 2.75) is 73.2 Å². The Morgan fingerprint density at radius 3 is 1.03 bits per heavy atom. The molecule has 0 amide bonds. The number of rotatable bonds is 6. The van der Waals surface area contributed by atoms with Gasteiger partial charge in [0.1, 0.15) is 73.2 Å². The first-order valence-corrected chi connectivity index (χ1v) is 11.6. The maximum absolute atomic E-state index is 12.4. The van der Waals surface area contributed by atoms with Gasteiger partial charge < -0.3 is 60.6 Å². The molecule has 0 radical (unpaired) electrons. The summed E-state index contributed by atoms with van der Waals surface area (Å²) in [5.41, 5.74) is 0. The highest BCUT2D eigenvalue weighted by molar-refractivity contribution is 7.47. The van der Waals surface area contributed by atoms with Crippen LogP contribution in [-0.2, 0) is 22.7 Å². The predicted molar refractivity (Wildman–Crippen MR) is 90.5 cm³/mol. The maximum Gasteiger partial charge on any atom is 0.473 e. The lowest BCUT2D eigenvalue weighted by Crippen LogP contribution is -2.65. The van der Waals surface area contributed by atoms with Crippen LogP contribution in [0.15, 0.2) is 0 Å². The number of hydrogen-bond acceptors (Lipinski definition) is 14. The fourth-order valence-electron chi connectivity index (χ4n) is 3.24. The zero-order valence-electron chi connectivity index (χ0n) is 15.2. The zero-order chi connectivity index (χ0) is 24.0. The number of hydrogen-bond donors (Lipinski definition) is 12. The van der Waals surface area contributed by atoms with E-state index in [1.54, 1.807) is 0 Å². The van der Waals surface area contributed by atoms with Crippen molar-refractivity contribution in [2.24, 2.45) is 0 Å². The molecule has 2 aliphatic rings. The number of phosphoric acid groups is 2. The number of aliphatic hydroxyl groups is 9. The van der Waals surface area contributed by atoms with Gasteiger partial charge >= 0.3 is 15.6 Å². The zero-order valence-corrected chi connectivity index (χ0v) is 17.0. The largest absolute Gasteiger partial charge is 0.473 e. The summed E-state index contributed by atoms with van der Waals surface area (Å²) >= 11 is 0. The molecule has 19 heteroatoms. The van der Waals surface area contributed by atoms with Crippen LogP contribution in [0.2, 0.25) is 0 Å². The van der Waals surface area contributed by atoms with E-state index in [1.165, 1.54) is 0 Å². The van der Waals surface area contributed by atoms with Gasteiger partial charge in [-0.25, -0.2) is 9.13 Å². The minimum atomic E-state index is -5.61. The fraction of sp³-hybridized carbons (Fsp3) is 1.00. The summed E-state index contributed by atoms with van der Waals surface area (Å²) in [6.07, 6.45) is -27.1. The van der Waals surface area contributed by atoms with Crippen molar-refractivity contribution >= 4 is 15.6 Å². The van der Waals surface area contributed by atoms with Gasteiger partial charge in [-0.2, -0.15) is 0 Å². The minimum Gasteiger partial charge on any atom is -0.387 e. The Hall–Kier alpha value is -0.140. The van der Waals surface area contributed by atoms with Gasteiger partial charge in [-0.3, -0.25) is 13.6 Å². The van der Waals surface area contributed by atoms with Crippen molar-refractivity contribution in [3.63, 3.8) is 0 Å². The van der Waals surface area contributed by atoms with E-state index in [4.69, 9.17) is 9.79 Å². The normalized spacial score (nSPS) is 48.9. The third-order valence-electron chi connectivity index (χ3n) is 4.89. The van der Waals surface area contributed by atoms with Crippen LogP contribution in [0.5, 0.6) is 0 Å². The Kier molecular flexibility index (Phi) is 8.41. The molecule has 31 heavy (non-hydrogen) atoms. The molecular weight excluding hydrogens is 478 g/mol. The van der Waals surface area contributed by atoms with Crippen LogP contribution < -0.4 is 0 Å². The molecule has 0 heterocycles. The first-order valence-electron chi connectivity index (χ1n) is 8.54.